The lowest BCUT2D eigenvalue weighted by Crippen LogP contribution is -2.51. The van der Waals surface area contributed by atoms with Gasteiger partial charge in [-0.3, -0.25) is 0 Å². The summed E-state index contributed by atoms with van der Waals surface area (Å²) < 4.78 is 13.9. The molecule has 2 aromatic rings. The van der Waals surface area contributed by atoms with Crippen molar-refractivity contribution in [3.63, 3.8) is 0 Å². The van der Waals surface area contributed by atoms with Gasteiger partial charge in [0.25, 0.3) is 0 Å². The second-order valence-corrected chi connectivity index (χ2v) is 5.87. The highest BCUT2D eigenvalue weighted by Crippen LogP contribution is 2.26. The first kappa shape index (κ1) is 15.5. The zero-order valence-corrected chi connectivity index (χ0v) is 12.9. The monoisotopic (exact) mass is 286 g/mol. The molecule has 0 saturated heterocycles. The molecule has 112 valence electrons. The van der Waals surface area contributed by atoms with Crippen LogP contribution >= 0.6 is 0 Å². The molecule has 0 aromatic heterocycles. The molecule has 2 N–H and O–H groups in total. The van der Waals surface area contributed by atoms with Gasteiger partial charge >= 0.3 is 0 Å². The Balaban J connectivity index is 2.30. The highest BCUT2D eigenvalue weighted by molar-refractivity contribution is 5.50. The molecular weight excluding hydrogens is 263 g/mol. The van der Waals surface area contributed by atoms with Gasteiger partial charge in [-0.15, -0.1) is 0 Å². The molecule has 2 rings (SSSR count). The van der Waals surface area contributed by atoms with Gasteiger partial charge in [0.05, 0.1) is 5.54 Å². The number of hydrogen-bond acceptors (Lipinski definition) is 2. The van der Waals surface area contributed by atoms with Crippen LogP contribution in [-0.4, -0.2) is 19.1 Å². The SMILES string of the molecule is Cc1cccc(N(C)C(C)(CN)Cc2ccccc2F)c1. The second-order valence-electron chi connectivity index (χ2n) is 5.87. The summed E-state index contributed by atoms with van der Waals surface area (Å²) in [4.78, 5) is 2.15. The highest BCUT2D eigenvalue weighted by Gasteiger charge is 2.29. The molecule has 0 aliphatic carbocycles. The molecule has 21 heavy (non-hydrogen) atoms. The van der Waals surface area contributed by atoms with E-state index < -0.39 is 0 Å². The number of anilines is 1. The summed E-state index contributed by atoms with van der Waals surface area (Å²) >= 11 is 0. The van der Waals surface area contributed by atoms with E-state index in [0.29, 0.717) is 18.5 Å². The van der Waals surface area contributed by atoms with E-state index in [-0.39, 0.29) is 11.4 Å². The van der Waals surface area contributed by atoms with Crippen molar-refractivity contribution >= 4 is 5.69 Å². The third-order valence-electron chi connectivity index (χ3n) is 4.17. The summed E-state index contributed by atoms with van der Waals surface area (Å²) in [5, 5.41) is 0. The van der Waals surface area contributed by atoms with Crippen LogP contribution in [0.25, 0.3) is 0 Å². The van der Waals surface area contributed by atoms with Crippen molar-refractivity contribution in [2.24, 2.45) is 5.73 Å². The van der Waals surface area contributed by atoms with Crippen LogP contribution < -0.4 is 10.6 Å². The molecule has 0 saturated carbocycles. The molecule has 0 spiro atoms. The highest BCUT2D eigenvalue weighted by atomic mass is 19.1. The van der Waals surface area contributed by atoms with Crippen LogP contribution in [0.4, 0.5) is 10.1 Å². The summed E-state index contributed by atoms with van der Waals surface area (Å²) in [6.45, 7) is 4.58. The number of aryl methyl sites for hydroxylation is 1. The predicted octanol–water partition coefficient (Wildman–Crippen LogP) is 3.53. The van der Waals surface area contributed by atoms with Crippen molar-refractivity contribution in [1.29, 1.82) is 0 Å². The Kier molecular flexibility index (Phi) is 4.63. The topological polar surface area (TPSA) is 29.3 Å². The maximum Gasteiger partial charge on any atom is 0.126 e. The van der Waals surface area contributed by atoms with Crippen molar-refractivity contribution < 1.29 is 4.39 Å². The zero-order valence-electron chi connectivity index (χ0n) is 12.9. The smallest absolute Gasteiger partial charge is 0.126 e. The Morgan fingerprint density at radius 2 is 1.86 bits per heavy atom. The molecule has 0 heterocycles. The number of hydrogen-bond donors (Lipinski definition) is 1. The lowest BCUT2D eigenvalue weighted by molar-refractivity contribution is 0.440. The number of likely N-dealkylation sites (N-methyl/N-ethyl adjacent to an activating group) is 1. The summed E-state index contributed by atoms with van der Waals surface area (Å²) in [7, 11) is 2.02. The minimum atomic E-state index is -0.337. The Bertz CT molecular complexity index is 612. The first-order valence-corrected chi connectivity index (χ1v) is 7.20. The molecule has 0 aliphatic rings. The molecule has 1 unspecified atom stereocenters. The van der Waals surface area contributed by atoms with E-state index in [2.05, 4.69) is 36.9 Å². The zero-order chi connectivity index (χ0) is 15.5. The Morgan fingerprint density at radius 3 is 2.48 bits per heavy atom. The normalized spacial score (nSPS) is 13.8. The summed E-state index contributed by atoms with van der Waals surface area (Å²) in [5.41, 5.74) is 8.67. The number of nitrogens with zero attached hydrogens (tertiary/aromatic N) is 1. The van der Waals surface area contributed by atoms with Gasteiger partial charge in [-0.05, 0) is 49.6 Å². The molecule has 0 aliphatic heterocycles. The van der Waals surface area contributed by atoms with Gasteiger partial charge in [0.1, 0.15) is 5.82 Å². The van der Waals surface area contributed by atoms with Gasteiger partial charge in [0.2, 0.25) is 0 Å². The van der Waals surface area contributed by atoms with Gasteiger partial charge < -0.3 is 10.6 Å². The molecule has 2 aromatic carbocycles. The molecule has 0 amide bonds. The summed E-state index contributed by atoms with van der Waals surface area (Å²) in [5.74, 6) is -0.171. The van der Waals surface area contributed by atoms with E-state index in [1.54, 1.807) is 6.07 Å². The van der Waals surface area contributed by atoms with E-state index in [9.17, 15) is 4.39 Å². The Morgan fingerprint density at radius 1 is 1.14 bits per heavy atom. The third-order valence-corrected chi connectivity index (χ3v) is 4.17. The molecule has 0 fully saturated rings. The van der Waals surface area contributed by atoms with Gasteiger partial charge in [-0.1, -0.05) is 30.3 Å². The number of benzene rings is 2. The van der Waals surface area contributed by atoms with Crippen LogP contribution in [0.1, 0.15) is 18.1 Å². The Hall–Kier alpha value is -1.87. The first-order chi connectivity index (χ1) is 9.96. The molecule has 1 atom stereocenters. The van der Waals surface area contributed by atoms with Crippen LogP contribution in [0, 0.1) is 12.7 Å². The standard InChI is InChI=1S/C18H23FN2/c1-14-7-6-9-16(11-14)21(3)18(2,13-20)12-15-8-4-5-10-17(15)19/h4-11H,12-13,20H2,1-3H3. The number of halogens is 1. The predicted molar refractivity (Wildman–Crippen MR) is 87.1 cm³/mol. The summed E-state index contributed by atoms with van der Waals surface area (Å²) in [6.07, 6.45) is 0.570. The number of rotatable bonds is 5. The van der Waals surface area contributed by atoms with Crippen LogP contribution in [0.15, 0.2) is 48.5 Å². The lowest BCUT2D eigenvalue weighted by atomic mass is 9.90. The van der Waals surface area contributed by atoms with E-state index in [1.165, 1.54) is 11.6 Å². The molecule has 2 nitrogen and oxygen atoms in total. The largest absolute Gasteiger partial charge is 0.368 e. The van der Waals surface area contributed by atoms with Crippen molar-refractivity contribution in [3.05, 3.63) is 65.5 Å². The van der Waals surface area contributed by atoms with Crippen LogP contribution in [-0.2, 0) is 6.42 Å². The van der Waals surface area contributed by atoms with Crippen LogP contribution in [0.3, 0.4) is 0 Å². The molecular formula is C18H23FN2. The Labute approximate surface area is 126 Å². The van der Waals surface area contributed by atoms with Gasteiger partial charge in [0.15, 0.2) is 0 Å². The fourth-order valence-corrected chi connectivity index (χ4v) is 2.53. The quantitative estimate of drug-likeness (QED) is 0.911. The fourth-order valence-electron chi connectivity index (χ4n) is 2.53. The number of nitrogens with two attached hydrogens (primary N) is 1. The molecule has 0 radical (unpaired) electrons. The van der Waals surface area contributed by atoms with Gasteiger partial charge in [-0.25, -0.2) is 4.39 Å². The van der Waals surface area contributed by atoms with E-state index in [4.69, 9.17) is 5.73 Å². The van der Waals surface area contributed by atoms with Gasteiger partial charge in [-0.2, -0.15) is 0 Å². The van der Waals surface area contributed by atoms with Crippen molar-refractivity contribution in [2.75, 3.05) is 18.5 Å². The van der Waals surface area contributed by atoms with Gasteiger partial charge in [0, 0.05) is 19.3 Å². The van der Waals surface area contributed by atoms with E-state index >= 15 is 0 Å². The molecule has 3 heteroatoms. The molecule has 0 bridgehead atoms. The minimum absolute atomic E-state index is 0.171. The average molecular weight is 286 g/mol. The maximum absolute atomic E-state index is 13.9. The van der Waals surface area contributed by atoms with E-state index in [0.717, 1.165) is 5.69 Å². The minimum Gasteiger partial charge on any atom is -0.368 e. The average Bonchev–Trinajstić information content (AvgIpc) is 2.48. The first-order valence-electron chi connectivity index (χ1n) is 7.20. The van der Waals surface area contributed by atoms with Crippen LogP contribution in [0.2, 0.25) is 0 Å². The second kappa shape index (κ2) is 6.27. The lowest BCUT2D eigenvalue weighted by Gasteiger charge is -2.40. The summed E-state index contributed by atoms with van der Waals surface area (Å²) in [6, 6.07) is 15.2. The van der Waals surface area contributed by atoms with Crippen molar-refractivity contribution in [2.45, 2.75) is 25.8 Å². The van der Waals surface area contributed by atoms with E-state index in [1.807, 2.05) is 25.2 Å². The fraction of sp³-hybridized carbons (Fsp3) is 0.333. The van der Waals surface area contributed by atoms with Crippen LogP contribution in [0.5, 0.6) is 0 Å². The maximum atomic E-state index is 13.9. The van der Waals surface area contributed by atoms with Crippen molar-refractivity contribution in [3.8, 4) is 0 Å². The van der Waals surface area contributed by atoms with Crippen molar-refractivity contribution in [1.82, 2.24) is 0 Å². The third kappa shape index (κ3) is 3.42.